The number of carbonyl (C=O) groups excluding carboxylic acids is 1. The van der Waals surface area contributed by atoms with Crippen molar-refractivity contribution in [3.8, 4) is 0 Å². The summed E-state index contributed by atoms with van der Waals surface area (Å²) in [6.07, 6.45) is 7.08. The lowest BCUT2D eigenvalue weighted by Gasteiger charge is -2.34. The Balaban J connectivity index is 1.57. The van der Waals surface area contributed by atoms with Crippen LogP contribution in [-0.4, -0.2) is 48.4 Å². The van der Waals surface area contributed by atoms with Gasteiger partial charge in [0.05, 0.1) is 5.69 Å². The van der Waals surface area contributed by atoms with Gasteiger partial charge in [-0.25, -0.2) is 9.98 Å². The number of carbonyl (C=O) groups is 1. The topological polar surface area (TPSA) is 82.8 Å². The van der Waals surface area contributed by atoms with Crippen LogP contribution in [0, 0.1) is 5.92 Å². The second kappa shape index (κ2) is 9.02. The van der Waals surface area contributed by atoms with Crippen molar-refractivity contribution in [1.29, 1.82) is 0 Å². The number of rotatable bonds is 6. The Hall–Kier alpha value is -3.09. The minimum absolute atomic E-state index is 0.118. The van der Waals surface area contributed by atoms with E-state index in [4.69, 9.17) is 0 Å². The first kappa shape index (κ1) is 18.7. The minimum atomic E-state index is -0.118. The van der Waals surface area contributed by atoms with Gasteiger partial charge >= 0.3 is 0 Å². The SMILES string of the molecule is C=Nc1c(N2CCC(CNC(=O)c3ccccn3)CC2)ccnc1/N=C\C. The van der Waals surface area contributed by atoms with Gasteiger partial charge < -0.3 is 10.2 Å². The maximum Gasteiger partial charge on any atom is 0.269 e. The van der Waals surface area contributed by atoms with Crippen LogP contribution in [0.4, 0.5) is 17.2 Å². The van der Waals surface area contributed by atoms with E-state index in [1.165, 1.54) is 0 Å². The number of hydrogen-bond acceptors (Lipinski definition) is 6. The Kier molecular flexibility index (Phi) is 6.25. The molecule has 1 saturated heterocycles. The molecule has 1 N–H and O–H groups in total. The Labute approximate surface area is 159 Å². The van der Waals surface area contributed by atoms with Crippen LogP contribution in [0.25, 0.3) is 0 Å². The molecule has 0 aromatic carbocycles. The molecule has 0 unspecified atom stereocenters. The fraction of sp³-hybridized carbons (Fsp3) is 0.350. The summed E-state index contributed by atoms with van der Waals surface area (Å²) in [6.45, 7) is 7.98. The van der Waals surface area contributed by atoms with Crippen LogP contribution in [0.3, 0.4) is 0 Å². The summed E-state index contributed by atoms with van der Waals surface area (Å²) in [5.41, 5.74) is 2.19. The van der Waals surface area contributed by atoms with Crippen molar-refractivity contribution in [1.82, 2.24) is 15.3 Å². The normalized spacial score (nSPS) is 15.1. The number of pyridine rings is 2. The zero-order valence-electron chi connectivity index (χ0n) is 15.5. The molecule has 1 aliphatic heterocycles. The smallest absolute Gasteiger partial charge is 0.269 e. The van der Waals surface area contributed by atoms with Gasteiger partial charge in [-0.1, -0.05) is 6.07 Å². The minimum Gasteiger partial charge on any atom is -0.370 e. The van der Waals surface area contributed by atoms with Gasteiger partial charge in [-0.3, -0.25) is 14.8 Å². The van der Waals surface area contributed by atoms with Gasteiger partial charge in [0.15, 0.2) is 5.82 Å². The van der Waals surface area contributed by atoms with Crippen molar-refractivity contribution in [2.75, 3.05) is 24.5 Å². The third kappa shape index (κ3) is 4.55. The van der Waals surface area contributed by atoms with Gasteiger partial charge in [0.1, 0.15) is 11.4 Å². The third-order valence-corrected chi connectivity index (χ3v) is 4.70. The van der Waals surface area contributed by atoms with Gasteiger partial charge in [0.2, 0.25) is 0 Å². The lowest BCUT2D eigenvalue weighted by atomic mass is 9.96. The molecule has 0 saturated carbocycles. The van der Waals surface area contributed by atoms with Crippen molar-refractivity contribution < 1.29 is 4.79 Å². The fourth-order valence-electron chi connectivity index (χ4n) is 3.26. The zero-order valence-corrected chi connectivity index (χ0v) is 15.5. The lowest BCUT2D eigenvalue weighted by molar-refractivity contribution is 0.0940. The average molecular weight is 364 g/mol. The highest BCUT2D eigenvalue weighted by Gasteiger charge is 2.23. The molecule has 3 heterocycles. The molecule has 1 amide bonds. The largest absolute Gasteiger partial charge is 0.370 e. The monoisotopic (exact) mass is 364 g/mol. The molecule has 0 atom stereocenters. The van der Waals surface area contributed by atoms with Crippen molar-refractivity contribution in [3.05, 3.63) is 42.4 Å². The second-order valence-corrected chi connectivity index (χ2v) is 6.40. The number of anilines is 1. The van der Waals surface area contributed by atoms with Crippen LogP contribution in [0.15, 0.2) is 46.6 Å². The summed E-state index contributed by atoms with van der Waals surface area (Å²) in [5.74, 6) is 0.922. The van der Waals surface area contributed by atoms with Crippen molar-refractivity contribution in [2.45, 2.75) is 19.8 Å². The van der Waals surface area contributed by atoms with Crippen molar-refractivity contribution >= 4 is 36.0 Å². The van der Waals surface area contributed by atoms with Crippen molar-refractivity contribution in [2.24, 2.45) is 15.9 Å². The average Bonchev–Trinajstić information content (AvgIpc) is 2.73. The van der Waals surface area contributed by atoms with E-state index in [0.717, 1.165) is 37.3 Å². The summed E-state index contributed by atoms with van der Waals surface area (Å²) in [5, 5.41) is 2.99. The van der Waals surface area contributed by atoms with Gasteiger partial charge in [-0.05, 0) is 50.6 Å². The van der Waals surface area contributed by atoms with E-state index < -0.39 is 0 Å². The van der Waals surface area contributed by atoms with Gasteiger partial charge in [-0.15, -0.1) is 0 Å². The van der Waals surface area contributed by atoms with E-state index in [9.17, 15) is 4.79 Å². The van der Waals surface area contributed by atoms with Crippen LogP contribution in [0.5, 0.6) is 0 Å². The molecule has 2 aromatic heterocycles. The summed E-state index contributed by atoms with van der Waals surface area (Å²) in [4.78, 5) is 31.2. The Bertz CT molecular complexity index is 812. The summed E-state index contributed by atoms with van der Waals surface area (Å²) >= 11 is 0. The highest BCUT2D eigenvalue weighted by molar-refractivity contribution is 5.92. The second-order valence-electron chi connectivity index (χ2n) is 6.40. The molecule has 140 valence electrons. The predicted octanol–water partition coefficient (Wildman–Crippen LogP) is 3.18. The predicted molar refractivity (Wildman–Crippen MR) is 109 cm³/mol. The number of amides is 1. The molecular formula is C20H24N6O. The van der Waals surface area contributed by atoms with Crippen molar-refractivity contribution in [3.63, 3.8) is 0 Å². The number of nitrogens with one attached hydrogen (secondary N) is 1. The van der Waals surface area contributed by atoms with E-state index >= 15 is 0 Å². The van der Waals surface area contributed by atoms with E-state index in [2.05, 4.69) is 36.9 Å². The number of aliphatic imine (C=N–C) groups is 2. The maximum absolute atomic E-state index is 12.1. The van der Waals surface area contributed by atoms with E-state index in [0.29, 0.717) is 24.0 Å². The van der Waals surface area contributed by atoms with Gasteiger partial charge in [0.25, 0.3) is 5.91 Å². The molecule has 3 rings (SSSR count). The summed E-state index contributed by atoms with van der Waals surface area (Å²) < 4.78 is 0. The Morgan fingerprint density at radius 2 is 2.11 bits per heavy atom. The highest BCUT2D eigenvalue weighted by Crippen LogP contribution is 2.37. The molecule has 0 spiro atoms. The first-order chi connectivity index (χ1) is 13.2. The third-order valence-electron chi connectivity index (χ3n) is 4.70. The zero-order chi connectivity index (χ0) is 19.1. The number of hydrogen-bond donors (Lipinski definition) is 1. The van der Waals surface area contributed by atoms with Gasteiger partial charge in [-0.2, -0.15) is 0 Å². The quantitative estimate of drug-likeness (QED) is 0.798. The summed E-state index contributed by atoms with van der Waals surface area (Å²) in [7, 11) is 0. The Morgan fingerprint density at radius 1 is 1.30 bits per heavy atom. The first-order valence-electron chi connectivity index (χ1n) is 9.11. The van der Waals surface area contributed by atoms with Crippen LogP contribution in [0.2, 0.25) is 0 Å². The molecule has 7 nitrogen and oxygen atoms in total. The van der Waals surface area contributed by atoms with Crippen LogP contribution < -0.4 is 10.2 Å². The van der Waals surface area contributed by atoms with E-state index in [-0.39, 0.29) is 5.91 Å². The molecule has 0 bridgehead atoms. The standard InChI is InChI=1S/C20H24N6O/c1-3-22-19-18(21-2)17(7-11-24-19)26-12-8-15(9-13-26)14-25-20(27)16-6-4-5-10-23-16/h3-7,10-11,15H,2,8-9,12-14H2,1H3,(H,25,27)/b22-3-. The first-order valence-corrected chi connectivity index (χ1v) is 9.11. The molecule has 1 aliphatic rings. The number of nitrogens with zero attached hydrogens (tertiary/aromatic N) is 5. The van der Waals surface area contributed by atoms with Gasteiger partial charge in [0, 0.05) is 38.2 Å². The number of aromatic nitrogens is 2. The molecular weight excluding hydrogens is 340 g/mol. The van der Waals surface area contributed by atoms with E-state index in [1.807, 2.05) is 19.1 Å². The summed E-state index contributed by atoms with van der Waals surface area (Å²) in [6, 6.07) is 7.30. The van der Waals surface area contributed by atoms with E-state index in [1.54, 1.807) is 30.7 Å². The lowest BCUT2D eigenvalue weighted by Crippen LogP contribution is -2.38. The number of piperidine rings is 1. The molecule has 2 aromatic rings. The molecule has 27 heavy (non-hydrogen) atoms. The molecule has 0 aliphatic carbocycles. The molecule has 1 fully saturated rings. The molecule has 0 radical (unpaired) electrons. The van der Waals surface area contributed by atoms with Crippen LogP contribution in [-0.2, 0) is 0 Å². The van der Waals surface area contributed by atoms with Crippen LogP contribution >= 0.6 is 0 Å². The maximum atomic E-state index is 12.1. The Morgan fingerprint density at radius 3 is 2.78 bits per heavy atom. The fourth-order valence-corrected chi connectivity index (χ4v) is 3.26. The highest BCUT2D eigenvalue weighted by atomic mass is 16.1. The van der Waals surface area contributed by atoms with Crippen LogP contribution in [0.1, 0.15) is 30.3 Å². The molecule has 7 heteroatoms.